The summed E-state index contributed by atoms with van der Waals surface area (Å²) in [6.45, 7) is 3.86. The fourth-order valence-electron chi connectivity index (χ4n) is 3.25. The zero-order chi connectivity index (χ0) is 17.6. The standard InChI is InChI=1S/C17H19N5O2S/c1-9-7-13(21-24-9)20-14(23)8-22(3)16-15-11-5-4-6-12(11)25-17(15)19-10(2)18-16/h7H,4-6,8H2,1-3H3,(H,20,21,23). The fraction of sp³-hybridized carbons (Fsp3) is 0.412. The lowest BCUT2D eigenvalue weighted by molar-refractivity contribution is -0.115. The second-order valence-electron chi connectivity index (χ2n) is 6.36. The van der Waals surface area contributed by atoms with E-state index in [1.807, 2.05) is 18.9 Å². The number of hydrogen-bond donors (Lipinski definition) is 1. The summed E-state index contributed by atoms with van der Waals surface area (Å²) in [6.07, 6.45) is 3.36. The van der Waals surface area contributed by atoms with Crippen LogP contribution in [0.5, 0.6) is 0 Å². The second-order valence-corrected chi connectivity index (χ2v) is 7.44. The first-order valence-corrected chi connectivity index (χ1v) is 9.06. The van der Waals surface area contributed by atoms with Gasteiger partial charge < -0.3 is 14.7 Å². The molecule has 0 unspecified atom stereocenters. The van der Waals surface area contributed by atoms with Gasteiger partial charge in [0.15, 0.2) is 5.82 Å². The first-order valence-electron chi connectivity index (χ1n) is 8.24. The zero-order valence-electron chi connectivity index (χ0n) is 14.4. The fourth-order valence-corrected chi connectivity index (χ4v) is 4.56. The SMILES string of the molecule is Cc1nc(N(C)CC(=O)Nc2cc(C)on2)c2c3c(sc2n1)CCC3. The predicted molar refractivity (Wildman–Crippen MR) is 97.3 cm³/mol. The molecule has 3 heterocycles. The average molecular weight is 357 g/mol. The van der Waals surface area contributed by atoms with Gasteiger partial charge in [0, 0.05) is 18.0 Å². The lowest BCUT2D eigenvalue weighted by atomic mass is 10.2. The number of hydrogen-bond acceptors (Lipinski definition) is 7. The highest BCUT2D eigenvalue weighted by atomic mass is 32.1. The summed E-state index contributed by atoms with van der Waals surface area (Å²) in [6, 6.07) is 1.69. The van der Waals surface area contributed by atoms with Gasteiger partial charge in [-0.15, -0.1) is 11.3 Å². The van der Waals surface area contributed by atoms with E-state index in [0.29, 0.717) is 11.6 Å². The maximum atomic E-state index is 12.3. The average Bonchev–Trinajstić information content (AvgIpc) is 3.22. The molecule has 0 saturated heterocycles. The summed E-state index contributed by atoms with van der Waals surface area (Å²) in [5, 5.41) is 7.64. The molecule has 0 saturated carbocycles. The molecule has 3 aromatic rings. The summed E-state index contributed by atoms with van der Waals surface area (Å²) in [4.78, 5) is 25.8. The van der Waals surface area contributed by atoms with Crippen molar-refractivity contribution in [3.05, 3.63) is 28.1 Å². The number of thiophene rings is 1. The third kappa shape index (κ3) is 2.97. The van der Waals surface area contributed by atoms with Gasteiger partial charge in [-0.2, -0.15) is 0 Å². The summed E-state index contributed by atoms with van der Waals surface area (Å²) < 4.78 is 4.97. The number of aryl methyl sites for hydroxylation is 4. The van der Waals surface area contributed by atoms with Crippen LogP contribution in [-0.4, -0.2) is 34.6 Å². The van der Waals surface area contributed by atoms with Crippen LogP contribution in [0.1, 0.15) is 28.4 Å². The van der Waals surface area contributed by atoms with Gasteiger partial charge in [-0.1, -0.05) is 5.16 Å². The molecule has 1 aliphatic carbocycles. The topological polar surface area (TPSA) is 84.2 Å². The van der Waals surface area contributed by atoms with Gasteiger partial charge in [0.25, 0.3) is 0 Å². The Morgan fingerprint density at radius 2 is 2.20 bits per heavy atom. The number of aromatic nitrogens is 3. The van der Waals surface area contributed by atoms with Crippen molar-refractivity contribution in [1.82, 2.24) is 15.1 Å². The number of carbonyl (C=O) groups excluding carboxylic acids is 1. The van der Waals surface area contributed by atoms with Crippen molar-refractivity contribution in [2.45, 2.75) is 33.1 Å². The molecular weight excluding hydrogens is 338 g/mol. The van der Waals surface area contributed by atoms with Gasteiger partial charge >= 0.3 is 0 Å². The molecule has 130 valence electrons. The van der Waals surface area contributed by atoms with Crippen LogP contribution in [0.3, 0.4) is 0 Å². The predicted octanol–water partition coefficient (Wildman–Crippen LogP) is 2.86. The van der Waals surface area contributed by atoms with Gasteiger partial charge in [-0.3, -0.25) is 4.79 Å². The molecule has 7 nitrogen and oxygen atoms in total. The summed E-state index contributed by atoms with van der Waals surface area (Å²) in [5.74, 6) is 2.48. The Labute approximate surface area is 149 Å². The highest BCUT2D eigenvalue weighted by molar-refractivity contribution is 7.19. The van der Waals surface area contributed by atoms with E-state index in [1.54, 1.807) is 24.3 Å². The monoisotopic (exact) mass is 357 g/mol. The van der Waals surface area contributed by atoms with E-state index in [1.165, 1.54) is 16.9 Å². The van der Waals surface area contributed by atoms with Crippen LogP contribution in [0.25, 0.3) is 10.2 Å². The number of likely N-dealkylation sites (N-methyl/N-ethyl adjacent to an activating group) is 1. The van der Waals surface area contributed by atoms with Crippen LogP contribution < -0.4 is 10.2 Å². The Kier molecular flexibility index (Phi) is 3.91. The zero-order valence-corrected chi connectivity index (χ0v) is 15.2. The van der Waals surface area contributed by atoms with Crippen molar-refractivity contribution >= 4 is 39.1 Å². The normalized spacial score (nSPS) is 13.2. The molecule has 4 rings (SSSR count). The van der Waals surface area contributed by atoms with Crippen molar-refractivity contribution in [3.8, 4) is 0 Å². The number of amides is 1. The molecule has 0 aliphatic heterocycles. The Morgan fingerprint density at radius 3 is 2.96 bits per heavy atom. The van der Waals surface area contributed by atoms with Crippen LogP contribution >= 0.6 is 11.3 Å². The van der Waals surface area contributed by atoms with Crippen molar-refractivity contribution in [3.63, 3.8) is 0 Å². The summed E-state index contributed by atoms with van der Waals surface area (Å²) >= 11 is 1.76. The summed E-state index contributed by atoms with van der Waals surface area (Å²) in [7, 11) is 1.88. The molecule has 1 amide bonds. The Hall–Kier alpha value is -2.48. The minimum Gasteiger partial charge on any atom is -0.360 e. The van der Waals surface area contributed by atoms with Gasteiger partial charge in [-0.05, 0) is 38.7 Å². The lowest BCUT2D eigenvalue weighted by Gasteiger charge is -2.19. The number of carbonyl (C=O) groups is 1. The number of fused-ring (bicyclic) bond motifs is 3. The van der Waals surface area contributed by atoms with Crippen molar-refractivity contribution in [2.75, 3.05) is 23.8 Å². The van der Waals surface area contributed by atoms with Crippen molar-refractivity contribution < 1.29 is 9.32 Å². The molecule has 25 heavy (non-hydrogen) atoms. The van der Waals surface area contributed by atoms with Gasteiger partial charge in [-0.25, -0.2) is 9.97 Å². The highest BCUT2D eigenvalue weighted by Crippen LogP contribution is 2.40. The maximum absolute atomic E-state index is 12.3. The number of nitrogens with one attached hydrogen (secondary N) is 1. The van der Waals surface area contributed by atoms with Crippen LogP contribution in [0.2, 0.25) is 0 Å². The third-order valence-corrected chi connectivity index (χ3v) is 5.48. The molecular formula is C17H19N5O2S. The van der Waals surface area contributed by atoms with E-state index in [9.17, 15) is 4.79 Å². The molecule has 0 fully saturated rings. The second kappa shape index (κ2) is 6.11. The van der Waals surface area contributed by atoms with Crippen molar-refractivity contribution in [2.24, 2.45) is 0 Å². The maximum Gasteiger partial charge on any atom is 0.245 e. The number of anilines is 2. The van der Waals surface area contributed by atoms with Crippen LogP contribution in [0.15, 0.2) is 10.6 Å². The van der Waals surface area contributed by atoms with Gasteiger partial charge in [0.1, 0.15) is 22.2 Å². The summed E-state index contributed by atoms with van der Waals surface area (Å²) in [5.41, 5.74) is 1.36. The van der Waals surface area contributed by atoms with E-state index >= 15 is 0 Å². The Morgan fingerprint density at radius 1 is 1.36 bits per heavy atom. The minimum absolute atomic E-state index is 0.160. The quantitative estimate of drug-likeness (QED) is 0.773. The highest BCUT2D eigenvalue weighted by Gasteiger charge is 2.24. The molecule has 1 aliphatic rings. The smallest absolute Gasteiger partial charge is 0.245 e. The molecule has 3 aromatic heterocycles. The molecule has 8 heteroatoms. The van der Waals surface area contributed by atoms with E-state index < -0.39 is 0 Å². The van der Waals surface area contributed by atoms with E-state index in [-0.39, 0.29) is 12.5 Å². The van der Waals surface area contributed by atoms with Crippen LogP contribution in [-0.2, 0) is 17.6 Å². The van der Waals surface area contributed by atoms with E-state index in [0.717, 1.165) is 34.7 Å². The molecule has 0 spiro atoms. The van der Waals surface area contributed by atoms with Crippen LogP contribution in [0, 0.1) is 13.8 Å². The van der Waals surface area contributed by atoms with Crippen molar-refractivity contribution in [1.29, 1.82) is 0 Å². The van der Waals surface area contributed by atoms with Gasteiger partial charge in [0.05, 0.1) is 11.9 Å². The molecule has 1 N–H and O–H groups in total. The minimum atomic E-state index is -0.160. The van der Waals surface area contributed by atoms with Gasteiger partial charge in [0.2, 0.25) is 5.91 Å². The van der Waals surface area contributed by atoms with E-state index in [2.05, 4.69) is 20.4 Å². The Bertz CT molecular complexity index is 962. The molecule has 0 atom stereocenters. The molecule has 0 radical (unpaired) electrons. The van der Waals surface area contributed by atoms with Crippen LogP contribution in [0.4, 0.5) is 11.6 Å². The largest absolute Gasteiger partial charge is 0.360 e. The lowest BCUT2D eigenvalue weighted by Crippen LogP contribution is -2.31. The first-order chi connectivity index (χ1) is 12.0. The Balaban J connectivity index is 1.61. The first kappa shape index (κ1) is 16.0. The molecule has 0 aromatic carbocycles. The van der Waals surface area contributed by atoms with E-state index in [4.69, 9.17) is 4.52 Å². The number of rotatable bonds is 4. The number of nitrogens with zero attached hydrogens (tertiary/aromatic N) is 4. The third-order valence-electron chi connectivity index (χ3n) is 4.30. The molecule has 0 bridgehead atoms.